The van der Waals surface area contributed by atoms with Crippen molar-refractivity contribution in [1.82, 2.24) is 14.3 Å². The van der Waals surface area contributed by atoms with E-state index in [4.69, 9.17) is 11.6 Å². The van der Waals surface area contributed by atoms with E-state index in [2.05, 4.69) is 9.97 Å². The molecule has 19 heavy (non-hydrogen) atoms. The first-order valence-corrected chi connectivity index (χ1v) is 7.67. The molecular formula is C11H14ClN3O3S. The van der Waals surface area contributed by atoms with E-state index in [0.717, 1.165) is 16.7 Å². The molecule has 1 aliphatic heterocycles. The molecule has 8 heteroatoms. The predicted octanol–water partition coefficient (Wildman–Crippen LogP) is 1.32. The van der Waals surface area contributed by atoms with Crippen LogP contribution < -0.4 is 0 Å². The largest absolute Gasteiger partial charge is 0.274 e. The van der Waals surface area contributed by atoms with Crippen LogP contribution in [0, 0.1) is 11.8 Å². The lowest BCUT2D eigenvalue weighted by atomic mass is 9.95. The van der Waals surface area contributed by atoms with Crippen LogP contribution in [-0.4, -0.2) is 35.1 Å². The lowest BCUT2D eigenvalue weighted by Crippen LogP contribution is -2.33. The molecule has 0 radical (unpaired) electrons. The van der Waals surface area contributed by atoms with Gasteiger partial charge in [0.15, 0.2) is 0 Å². The highest BCUT2D eigenvalue weighted by Crippen LogP contribution is 2.29. The third-order valence-electron chi connectivity index (χ3n) is 3.24. The van der Waals surface area contributed by atoms with Gasteiger partial charge in [0, 0.05) is 13.0 Å². The highest BCUT2D eigenvalue weighted by molar-refractivity contribution is 7.89. The van der Waals surface area contributed by atoms with Crippen LogP contribution in [0.4, 0.5) is 0 Å². The number of nitrogens with zero attached hydrogens (tertiary/aromatic N) is 3. The molecule has 0 spiro atoms. The van der Waals surface area contributed by atoms with Gasteiger partial charge in [-0.05, 0) is 23.4 Å². The molecule has 0 aromatic carbocycles. The second-order valence-corrected chi connectivity index (χ2v) is 7.03. The second kappa shape index (κ2) is 5.05. The van der Waals surface area contributed by atoms with Gasteiger partial charge in [-0.25, -0.2) is 22.7 Å². The third-order valence-corrected chi connectivity index (χ3v) is 5.18. The molecule has 1 fully saturated rings. The number of rotatable bonds is 3. The van der Waals surface area contributed by atoms with Crippen LogP contribution in [0.15, 0.2) is 17.3 Å². The summed E-state index contributed by atoms with van der Waals surface area (Å²) in [6.07, 6.45) is 2.48. The molecule has 0 aliphatic carbocycles. The number of hydrogen-bond acceptors (Lipinski definition) is 5. The van der Waals surface area contributed by atoms with Gasteiger partial charge in [-0.1, -0.05) is 13.8 Å². The number of carbonyl (C=O) groups excluding carboxylic acids is 1. The minimum Gasteiger partial charge on any atom is -0.274 e. The average Bonchev–Trinajstić information content (AvgIpc) is 2.73. The van der Waals surface area contributed by atoms with Crippen LogP contribution in [0.5, 0.6) is 0 Å². The van der Waals surface area contributed by atoms with Crippen molar-refractivity contribution in [1.29, 1.82) is 0 Å². The average molecular weight is 304 g/mol. The highest BCUT2D eigenvalue weighted by Gasteiger charge is 2.39. The van der Waals surface area contributed by atoms with Crippen molar-refractivity contribution in [2.75, 3.05) is 6.54 Å². The van der Waals surface area contributed by atoms with Crippen molar-refractivity contribution >= 4 is 27.5 Å². The Hall–Kier alpha value is -1.21. The molecular weight excluding hydrogens is 290 g/mol. The Bertz CT molecular complexity index is 586. The third kappa shape index (κ3) is 2.71. The SMILES string of the molecule is CC(C)C1CC(=O)N(S(=O)(=O)c2cnc(Cl)nc2)C1. The van der Waals surface area contributed by atoms with E-state index in [0.29, 0.717) is 0 Å². The number of carbonyl (C=O) groups is 1. The summed E-state index contributed by atoms with van der Waals surface area (Å²) in [5.41, 5.74) is 0. The zero-order valence-corrected chi connectivity index (χ0v) is 12.1. The molecule has 1 atom stereocenters. The summed E-state index contributed by atoms with van der Waals surface area (Å²) in [5.74, 6) is -0.0743. The molecule has 2 heterocycles. The van der Waals surface area contributed by atoms with Crippen molar-refractivity contribution in [3.8, 4) is 0 Å². The topological polar surface area (TPSA) is 80.2 Å². The second-order valence-electron chi connectivity index (χ2n) is 4.83. The highest BCUT2D eigenvalue weighted by atomic mass is 35.5. The lowest BCUT2D eigenvalue weighted by molar-refractivity contribution is -0.123. The fraction of sp³-hybridized carbons (Fsp3) is 0.545. The number of aromatic nitrogens is 2. The van der Waals surface area contributed by atoms with E-state index in [-0.39, 0.29) is 40.9 Å². The first kappa shape index (κ1) is 14.2. The molecule has 1 aliphatic rings. The number of sulfonamides is 1. The van der Waals surface area contributed by atoms with Gasteiger partial charge in [0.25, 0.3) is 10.0 Å². The molecule has 0 saturated carbocycles. The van der Waals surface area contributed by atoms with E-state index in [1.165, 1.54) is 0 Å². The minimum absolute atomic E-state index is 0.0354. The Labute approximate surface area is 116 Å². The van der Waals surface area contributed by atoms with Crippen LogP contribution in [0.1, 0.15) is 20.3 Å². The predicted molar refractivity (Wildman–Crippen MR) is 68.9 cm³/mol. The maximum Gasteiger partial charge on any atom is 0.269 e. The summed E-state index contributed by atoms with van der Waals surface area (Å²) in [4.78, 5) is 19.0. The summed E-state index contributed by atoms with van der Waals surface area (Å²) in [6, 6.07) is 0. The fourth-order valence-corrected chi connectivity index (χ4v) is 3.40. The molecule has 6 nitrogen and oxygen atoms in total. The monoisotopic (exact) mass is 303 g/mol. The van der Waals surface area contributed by atoms with Crippen LogP contribution in [0.2, 0.25) is 5.28 Å². The molecule has 0 N–H and O–H groups in total. The smallest absolute Gasteiger partial charge is 0.269 e. The standard InChI is InChI=1S/C11H14ClN3O3S/c1-7(2)8-3-10(16)15(6-8)19(17,18)9-4-13-11(12)14-5-9/h4-5,7-8H,3,6H2,1-2H3. The number of hydrogen-bond donors (Lipinski definition) is 0. The maximum absolute atomic E-state index is 12.3. The summed E-state index contributed by atoms with van der Waals surface area (Å²) >= 11 is 5.52. The van der Waals surface area contributed by atoms with Crippen LogP contribution >= 0.6 is 11.6 Å². The summed E-state index contributed by atoms with van der Waals surface area (Å²) in [6.45, 7) is 4.15. The van der Waals surface area contributed by atoms with Gasteiger partial charge in [0.1, 0.15) is 4.90 Å². The minimum atomic E-state index is -3.87. The Morgan fingerprint density at radius 3 is 2.42 bits per heavy atom. The van der Waals surface area contributed by atoms with E-state index < -0.39 is 10.0 Å². The Morgan fingerprint density at radius 1 is 1.37 bits per heavy atom. The van der Waals surface area contributed by atoms with Gasteiger partial charge < -0.3 is 0 Å². The number of amides is 1. The van der Waals surface area contributed by atoms with Crippen LogP contribution in [0.25, 0.3) is 0 Å². The van der Waals surface area contributed by atoms with E-state index in [1.807, 2.05) is 13.8 Å². The summed E-state index contributed by atoms with van der Waals surface area (Å²) in [5, 5.41) is -0.0354. The van der Waals surface area contributed by atoms with Crippen LogP contribution in [-0.2, 0) is 14.8 Å². The van der Waals surface area contributed by atoms with Crippen molar-refractivity contribution in [3.63, 3.8) is 0 Å². The van der Waals surface area contributed by atoms with E-state index >= 15 is 0 Å². The first-order valence-electron chi connectivity index (χ1n) is 5.85. The van der Waals surface area contributed by atoms with E-state index in [9.17, 15) is 13.2 Å². The van der Waals surface area contributed by atoms with Gasteiger partial charge in [-0.15, -0.1) is 0 Å². The molecule has 1 amide bonds. The lowest BCUT2D eigenvalue weighted by Gasteiger charge is -2.17. The fourth-order valence-electron chi connectivity index (χ4n) is 1.95. The summed E-state index contributed by atoms with van der Waals surface area (Å²) < 4.78 is 25.5. The molecule has 2 rings (SSSR count). The Morgan fingerprint density at radius 2 is 1.95 bits per heavy atom. The van der Waals surface area contributed by atoms with Gasteiger partial charge >= 0.3 is 0 Å². The van der Waals surface area contributed by atoms with E-state index in [1.54, 1.807) is 0 Å². The summed E-state index contributed by atoms with van der Waals surface area (Å²) in [7, 11) is -3.87. The zero-order valence-electron chi connectivity index (χ0n) is 10.6. The Kier molecular flexibility index (Phi) is 3.78. The van der Waals surface area contributed by atoms with Crippen molar-refractivity contribution in [3.05, 3.63) is 17.7 Å². The van der Waals surface area contributed by atoms with Gasteiger partial charge in [-0.3, -0.25) is 4.79 Å². The van der Waals surface area contributed by atoms with Gasteiger partial charge in [0.05, 0.1) is 12.4 Å². The normalized spacial score (nSPS) is 20.3. The molecule has 1 aromatic heterocycles. The van der Waals surface area contributed by atoms with Crippen molar-refractivity contribution < 1.29 is 13.2 Å². The van der Waals surface area contributed by atoms with Crippen LogP contribution in [0.3, 0.4) is 0 Å². The molecule has 1 saturated heterocycles. The quantitative estimate of drug-likeness (QED) is 0.787. The maximum atomic E-state index is 12.3. The molecule has 104 valence electrons. The first-order chi connectivity index (χ1) is 8.82. The number of halogens is 1. The molecule has 1 unspecified atom stereocenters. The molecule has 0 bridgehead atoms. The molecule has 1 aromatic rings. The van der Waals surface area contributed by atoms with Gasteiger partial charge in [-0.2, -0.15) is 0 Å². The van der Waals surface area contributed by atoms with Crippen molar-refractivity contribution in [2.24, 2.45) is 11.8 Å². The van der Waals surface area contributed by atoms with Gasteiger partial charge in [0.2, 0.25) is 11.2 Å². The van der Waals surface area contributed by atoms with Crippen molar-refractivity contribution in [2.45, 2.75) is 25.2 Å². The zero-order chi connectivity index (χ0) is 14.2. The Balaban J connectivity index is 2.30.